The number of hydrogen-bond acceptors (Lipinski definition) is 4. The van der Waals surface area contributed by atoms with E-state index < -0.39 is 12.1 Å². The number of hydrogen-bond donors (Lipinski definition) is 1. The molecule has 0 heterocycles. The van der Waals surface area contributed by atoms with Crippen molar-refractivity contribution in [3.8, 4) is 16.9 Å². The van der Waals surface area contributed by atoms with Gasteiger partial charge in [-0.25, -0.2) is 4.79 Å². The predicted octanol–water partition coefficient (Wildman–Crippen LogP) is 6.38. The van der Waals surface area contributed by atoms with Crippen LogP contribution >= 0.6 is 0 Å². The number of rotatable bonds is 9. The van der Waals surface area contributed by atoms with Gasteiger partial charge in [0.2, 0.25) is 0 Å². The number of carbonyl (C=O) groups is 1. The molecule has 5 heteroatoms. The van der Waals surface area contributed by atoms with Crippen LogP contribution in [0.4, 0.5) is 4.79 Å². The molecule has 1 aliphatic rings. The van der Waals surface area contributed by atoms with E-state index in [0.717, 1.165) is 11.3 Å². The molecule has 0 spiro atoms. The molecule has 0 radical (unpaired) electrons. The van der Waals surface area contributed by atoms with Gasteiger partial charge in [0, 0.05) is 5.92 Å². The zero-order valence-corrected chi connectivity index (χ0v) is 19.5. The Labute approximate surface area is 200 Å². The van der Waals surface area contributed by atoms with Gasteiger partial charge in [0.15, 0.2) is 0 Å². The van der Waals surface area contributed by atoms with Crippen molar-refractivity contribution in [1.29, 1.82) is 0 Å². The summed E-state index contributed by atoms with van der Waals surface area (Å²) in [5.74, 6) is 1.30. The molecule has 0 fully saturated rings. The van der Waals surface area contributed by atoms with Crippen molar-refractivity contribution in [2.75, 3.05) is 20.3 Å². The van der Waals surface area contributed by atoms with Crippen LogP contribution in [0.2, 0.25) is 0 Å². The second kappa shape index (κ2) is 10.8. The number of nitrogens with one attached hydrogen (secondary N) is 1. The quantitative estimate of drug-likeness (QED) is 0.300. The molecule has 34 heavy (non-hydrogen) atoms. The normalized spacial score (nSPS) is 13.4. The van der Waals surface area contributed by atoms with Crippen molar-refractivity contribution >= 4 is 6.09 Å². The van der Waals surface area contributed by atoms with E-state index >= 15 is 0 Å². The van der Waals surface area contributed by atoms with Crippen LogP contribution in [0.1, 0.15) is 35.6 Å². The van der Waals surface area contributed by atoms with E-state index in [4.69, 9.17) is 14.2 Å². The minimum Gasteiger partial charge on any atom is -0.497 e. The lowest BCUT2D eigenvalue weighted by Crippen LogP contribution is -2.32. The Balaban J connectivity index is 1.53. The maximum atomic E-state index is 13.0. The summed E-state index contributed by atoms with van der Waals surface area (Å²) < 4.78 is 16.8. The van der Waals surface area contributed by atoms with Crippen LogP contribution in [-0.4, -0.2) is 26.4 Å². The van der Waals surface area contributed by atoms with Crippen molar-refractivity contribution in [2.45, 2.75) is 18.9 Å². The highest BCUT2D eigenvalue weighted by Crippen LogP contribution is 2.44. The molecular formula is C29H29NO4. The van der Waals surface area contributed by atoms with E-state index in [1.54, 1.807) is 19.3 Å². The van der Waals surface area contributed by atoms with E-state index in [0.29, 0.717) is 12.4 Å². The van der Waals surface area contributed by atoms with E-state index in [1.165, 1.54) is 22.3 Å². The third-order valence-electron chi connectivity index (χ3n) is 5.93. The standard InChI is InChI=1S/C29H29NO4/c1-4-10-27(33-5-2)28(20-15-17-21(32-3)18-16-20)30-29(31)34-19-26-24-13-8-6-11-22(24)23-12-7-9-14-25(23)26/h4,6-18,26,28H,1,5,19H2,2-3H3,(H,30,31)/b27-10+/t28-/m1/s1. The molecular weight excluding hydrogens is 426 g/mol. The van der Waals surface area contributed by atoms with E-state index in [9.17, 15) is 4.79 Å². The third-order valence-corrected chi connectivity index (χ3v) is 5.93. The highest BCUT2D eigenvalue weighted by Gasteiger charge is 2.29. The van der Waals surface area contributed by atoms with Crippen molar-refractivity contribution in [1.82, 2.24) is 5.32 Å². The Hall–Kier alpha value is -3.99. The molecule has 0 aliphatic heterocycles. The van der Waals surface area contributed by atoms with Crippen LogP contribution in [0.25, 0.3) is 11.1 Å². The summed E-state index contributed by atoms with van der Waals surface area (Å²) in [6.07, 6.45) is 2.88. The zero-order chi connectivity index (χ0) is 23.9. The number of amides is 1. The van der Waals surface area contributed by atoms with Gasteiger partial charge in [-0.1, -0.05) is 73.3 Å². The second-order valence-electron chi connectivity index (χ2n) is 7.91. The van der Waals surface area contributed by atoms with Gasteiger partial charge in [-0.05, 0) is 52.9 Å². The van der Waals surface area contributed by atoms with E-state index in [1.807, 2.05) is 55.5 Å². The summed E-state index contributed by atoms with van der Waals surface area (Å²) in [4.78, 5) is 13.0. The molecule has 5 nitrogen and oxygen atoms in total. The summed E-state index contributed by atoms with van der Waals surface area (Å²) in [5, 5.41) is 2.97. The minimum absolute atomic E-state index is 0.00679. The summed E-state index contributed by atoms with van der Waals surface area (Å²) in [6, 6.07) is 23.5. The number of alkyl carbamates (subject to hydrolysis) is 1. The van der Waals surface area contributed by atoms with Crippen LogP contribution in [0.3, 0.4) is 0 Å². The van der Waals surface area contributed by atoms with Gasteiger partial charge in [-0.2, -0.15) is 0 Å². The molecule has 1 N–H and O–H groups in total. The van der Waals surface area contributed by atoms with Gasteiger partial charge in [0.1, 0.15) is 24.2 Å². The van der Waals surface area contributed by atoms with Crippen LogP contribution < -0.4 is 10.1 Å². The molecule has 0 aromatic heterocycles. The van der Waals surface area contributed by atoms with Gasteiger partial charge in [-0.3, -0.25) is 0 Å². The van der Waals surface area contributed by atoms with E-state index in [-0.39, 0.29) is 12.5 Å². The van der Waals surface area contributed by atoms with Crippen LogP contribution in [-0.2, 0) is 9.47 Å². The van der Waals surface area contributed by atoms with Gasteiger partial charge in [0.25, 0.3) is 0 Å². The molecule has 1 amide bonds. The van der Waals surface area contributed by atoms with Crippen molar-refractivity contribution in [2.24, 2.45) is 0 Å². The molecule has 1 aliphatic carbocycles. The molecule has 0 bridgehead atoms. The summed E-state index contributed by atoms with van der Waals surface area (Å²) >= 11 is 0. The number of ether oxygens (including phenoxy) is 3. The molecule has 3 aromatic rings. The Morgan fingerprint density at radius 3 is 2.15 bits per heavy atom. The monoisotopic (exact) mass is 455 g/mol. The van der Waals surface area contributed by atoms with Crippen LogP contribution in [0.15, 0.2) is 97.3 Å². The molecule has 1 atom stereocenters. The first-order valence-electron chi connectivity index (χ1n) is 11.4. The fourth-order valence-electron chi connectivity index (χ4n) is 4.38. The fraction of sp³-hybridized carbons (Fsp3) is 0.207. The second-order valence-corrected chi connectivity index (χ2v) is 7.91. The highest BCUT2D eigenvalue weighted by molar-refractivity contribution is 5.79. The summed E-state index contributed by atoms with van der Waals surface area (Å²) in [5.41, 5.74) is 5.57. The highest BCUT2D eigenvalue weighted by atomic mass is 16.5. The topological polar surface area (TPSA) is 56.8 Å². The third kappa shape index (κ3) is 4.84. The Kier molecular flexibility index (Phi) is 7.33. The molecule has 0 saturated carbocycles. The first-order chi connectivity index (χ1) is 16.7. The van der Waals surface area contributed by atoms with Gasteiger partial charge in [-0.15, -0.1) is 0 Å². The Morgan fingerprint density at radius 1 is 0.971 bits per heavy atom. The fourth-order valence-corrected chi connectivity index (χ4v) is 4.38. The minimum atomic E-state index is -0.528. The van der Waals surface area contributed by atoms with Crippen LogP contribution in [0.5, 0.6) is 5.75 Å². The number of benzene rings is 3. The molecule has 3 aromatic carbocycles. The van der Waals surface area contributed by atoms with Gasteiger partial charge in [0.05, 0.1) is 13.7 Å². The first kappa shape index (κ1) is 23.2. The van der Waals surface area contributed by atoms with Crippen molar-refractivity contribution < 1.29 is 19.0 Å². The maximum Gasteiger partial charge on any atom is 0.408 e. The average Bonchev–Trinajstić information content (AvgIpc) is 3.20. The lowest BCUT2D eigenvalue weighted by Gasteiger charge is -2.23. The van der Waals surface area contributed by atoms with Gasteiger partial charge < -0.3 is 19.5 Å². The zero-order valence-electron chi connectivity index (χ0n) is 19.5. The number of fused-ring (bicyclic) bond motifs is 3. The summed E-state index contributed by atoms with van der Waals surface area (Å²) in [6.45, 7) is 6.37. The summed E-state index contributed by atoms with van der Waals surface area (Å²) in [7, 11) is 1.62. The lowest BCUT2D eigenvalue weighted by atomic mass is 9.98. The molecule has 0 saturated heterocycles. The molecule has 0 unspecified atom stereocenters. The lowest BCUT2D eigenvalue weighted by molar-refractivity contribution is 0.133. The number of carbonyl (C=O) groups excluding carboxylic acids is 1. The maximum absolute atomic E-state index is 13.0. The first-order valence-corrected chi connectivity index (χ1v) is 11.4. The van der Waals surface area contributed by atoms with Crippen molar-refractivity contribution in [3.63, 3.8) is 0 Å². The van der Waals surface area contributed by atoms with Crippen molar-refractivity contribution in [3.05, 3.63) is 114 Å². The molecule has 174 valence electrons. The largest absolute Gasteiger partial charge is 0.497 e. The SMILES string of the molecule is C=C/C=C(/OCC)[C@H](NC(=O)OCC1c2ccccc2-c2ccccc21)c1ccc(OC)cc1. The number of allylic oxidation sites excluding steroid dienone is 2. The van der Waals surface area contributed by atoms with Crippen LogP contribution in [0, 0.1) is 0 Å². The Bertz CT molecular complexity index is 1140. The smallest absolute Gasteiger partial charge is 0.408 e. The number of methoxy groups -OCH3 is 1. The predicted molar refractivity (Wildman–Crippen MR) is 134 cm³/mol. The van der Waals surface area contributed by atoms with Gasteiger partial charge >= 0.3 is 6.09 Å². The molecule has 4 rings (SSSR count). The average molecular weight is 456 g/mol. The van der Waals surface area contributed by atoms with E-state index in [2.05, 4.69) is 36.2 Å². The Morgan fingerprint density at radius 2 is 1.59 bits per heavy atom.